The third kappa shape index (κ3) is 2.87. The van der Waals surface area contributed by atoms with Crippen LogP contribution in [0.5, 0.6) is 0 Å². The Labute approximate surface area is 34.2 Å². The van der Waals surface area contributed by atoms with Crippen molar-refractivity contribution in [2.45, 2.75) is 0 Å². The second-order valence-corrected chi connectivity index (χ2v) is 3.27. The van der Waals surface area contributed by atoms with Crippen LogP contribution in [0.4, 0.5) is 0 Å². The Bertz CT molecular complexity index is 22.0. The maximum Gasteiger partial charge on any atom is 0.131 e. The van der Waals surface area contributed by atoms with Gasteiger partial charge in [0.2, 0.25) is 0 Å². The van der Waals surface area contributed by atoms with Gasteiger partial charge in [0, 0.05) is 10.6 Å². The first-order valence-electron chi connectivity index (χ1n) is 0.626. The van der Waals surface area contributed by atoms with Gasteiger partial charge in [0.05, 0.1) is 0 Å². The summed E-state index contributed by atoms with van der Waals surface area (Å²) < 4.78 is 9.21. The molecule has 0 amide bonds. The number of hydrogen-bond acceptors (Lipinski definition) is 2. The van der Waals surface area contributed by atoms with E-state index >= 15 is 0 Å². The second-order valence-electron chi connectivity index (χ2n) is 0.185. The summed E-state index contributed by atoms with van der Waals surface area (Å²) in [7, 11) is 4.90. The third-order valence-electron chi connectivity index (χ3n) is 0.0364. The summed E-state index contributed by atoms with van der Waals surface area (Å²) in [5.74, 6) is 0. The van der Waals surface area contributed by atoms with Crippen LogP contribution in [0, 0.1) is 0 Å². The van der Waals surface area contributed by atoms with E-state index in [9.17, 15) is 4.57 Å². The van der Waals surface area contributed by atoms with Gasteiger partial charge in [-0.1, -0.05) is 0 Å². The lowest BCUT2D eigenvalue weighted by atomic mass is 16.0. The van der Waals surface area contributed by atoms with E-state index < -0.39 is 7.66 Å². The van der Waals surface area contributed by atoms with Gasteiger partial charge in [0.15, 0.2) is 0 Å². The Balaban J connectivity index is 2.30. The highest BCUT2D eigenvalue weighted by atomic mass is 35.7. The normalized spacial score (nSPS) is 10.2. The van der Waals surface area contributed by atoms with Gasteiger partial charge in [0.25, 0.3) is 0 Å². The smallest absolute Gasteiger partial charge is 0.131 e. The zero-order chi connectivity index (χ0) is 3.41. The molecule has 0 aromatic heterocycles. The molecular formula is H2ClOPS. The Hall–Kier alpha value is 0.870. The van der Waals surface area contributed by atoms with Crippen molar-refractivity contribution in [1.82, 2.24) is 0 Å². The Morgan fingerprint density at radius 2 is 2.25 bits per heavy atom. The summed E-state index contributed by atoms with van der Waals surface area (Å²) in [6.45, 7) is 0. The van der Waals surface area contributed by atoms with Crippen LogP contribution in [0.1, 0.15) is 0 Å². The van der Waals surface area contributed by atoms with Crippen molar-refractivity contribution in [2.75, 3.05) is 0 Å². The molecule has 4 heteroatoms. The molecule has 0 fully saturated rings. The van der Waals surface area contributed by atoms with E-state index in [-0.39, 0.29) is 0 Å². The highest BCUT2D eigenvalue weighted by Gasteiger charge is 1.53. The molecule has 0 rings (SSSR count). The molecule has 0 aromatic carbocycles. The van der Waals surface area contributed by atoms with E-state index in [4.69, 9.17) is 10.7 Å². The van der Waals surface area contributed by atoms with Crippen LogP contribution in [-0.4, -0.2) is 0 Å². The van der Waals surface area contributed by atoms with Gasteiger partial charge in [-0.3, -0.25) is 0 Å². The summed E-state index contributed by atoms with van der Waals surface area (Å²) in [6.07, 6.45) is 0. The van der Waals surface area contributed by atoms with Crippen LogP contribution in [0.3, 0.4) is 0 Å². The van der Waals surface area contributed by atoms with E-state index in [1.807, 2.05) is 0 Å². The number of rotatable bonds is 1. The molecule has 0 bridgehead atoms. The van der Waals surface area contributed by atoms with Crippen molar-refractivity contribution in [3.63, 3.8) is 0 Å². The summed E-state index contributed by atoms with van der Waals surface area (Å²) in [5.41, 5.74) is 0. The van der Waals surface area contributed by atoms with Crippen LogP contribution in [0.2, 0.25) is 0 Å². The molecular weight excluding hydrogens is 114 g/mol. The van der Waals surface area contributed by atoms with Crippen molar-refractivity contribution >= 4 is 28.9 Å². The molecule has 26 valence electrons. The van der Waals surface area contributed by atoms with E-state index in [0.29, 0.717) is 0 Å². The molecule has 0 aromatic rings. The van der Waals surface area contributed by atoms with Gasteiger partial charge in [-0.15, -0.1) is 0 Å². The highest BCUT2D eigenvalue weighted by molar-refractivity contribution is 8.58. The molecule has 0 saturated heterocycles. The van der Waals surface area contributed by atoms with Gasteiger partial charge < -0.3 is 4.57 Å². The van der Waals surface area contributed by atoms with Crippen LogP contribution in [-0.2, 0) is 4.57 Å². The predicted molar refractivity (Wildman–Crippen MR) is 23.8 cm³/mol. The topological polar surface area (TPSA) is 17.1 Å². The predicted octanol–water partition coefficient (Wildman–Crippen LogP) is 1.54. The zero-order valence-corrected chi connectivity index (χ0v) is 4.50. The maximum absolute atomic E-state index is 9.21. The van der Waals surface area contributed by atoms with E-state index in [1.165, 1.54) is 0 Å². The van der Waals surface area contributed by atoms with Gasteiger partial charge >= 0.3 is 0 Å². The van der Waals surface area contributed by atoms with E-state index in [1.54, 1.807) is 0 Å². The fourth-order valence-corrected chi connectivity index (χ4v) is 0. The summed E-state index contributed by atoms with van der Waals surface area (Å²) in [4.78, 5) is 0. The quantitative estimate of drug-likeness (QED) is 0.484. The molecule has 1 atom stereocenters. The van der Waals surface area contributed by atoms with Crippen molar-refractivity contribution in [3.8, 4) is 0 Å². The Morgan fingerprint density at radius 1 is 2.00 bits per heavy atom. The minimum absolute atomic E-state index is 0.785. The molecule has 1 unspecified atom stereocenters. The standard InChI is InChI=1S/ClH2OPS/c1-4-3-2/h3H2. The molecule has 0 aliphatic carbocycles. The van der Waals surface area contributed by atoms with Crippen molar-refractivity contribution in [2.24, 2.45) is 0 Å². The Morgan fingerprint density at radius 3 is 2.25 bits per heavy atom. The van der Waals surface area contributed by atoms with Crippen molar-refractivity contribution in [3.05, 3.63) is 0 Å². The summed E-state index contributed by atoms with van der Waals surface area (Å²) in [6, 6.07) is 0. The first-order valence-corrected chi connectivity index (χ1v) is 4.22. The molecule has 0 N–H and O–H groups in total. The lowest BCUT2D eigenvalue weighted by Gasteiger charge is -1.50. The van der Waals surface area contributed by atoms with E-state index in [0.717, 1.165) is 10.6 Å². The average Bonchev–Trinajstić information content (AvgIpc) is 1.37. The van der Waals surface area contributed by atoms with Crippen LogP contribution in [0.25, 0.3) is 0 Å². The molecule has 0 saturated carbocycles. The molecule has 1 nitrogen and oxygen atoms in total. The average molecular weight is 117 g/mol. The second kappa shape index (κ2) is 3.87. The lowest BCUT2D eigenvalue weighted by molar-refractivity contribution is 0.605. The molecule has 0 radical (unpaired) electrons. The van der Waals surface area contributed by atoms with E-state index in [2.05, 4.69) is 0 Å². The lowest BCUT2D eigenvalue weighted by Crippen LogP contribution is -0.890. The number of halogens is 1. The third-order valence-corrected chi connectivity index (χ3v) is 0.982. The highest BCUT2D eigenvalue weighted by Crippen LogP contribution is 2.20. The number of hydrogen-bond donors (Lipinski definition) is 0. The SMILES string of the molecule is O=[PH2]SCl. The first-order chi connectivity index (χ1) is 1.91. The van der Waals surface area contributed by atoms with Crippen molar-refractivity contribution in [1.29, 1.82) is 0 Å². The van der Waals surface area contributed by atoms with Gasteiger partial charge in [0.1, 0.15) is 7.66 Å². The largest absolute Gasteiger partial charge is 0.318 e. The van der Waals surface area contributed by atoms with Gasteiger partial charge in [-0.25, -0.2) is 0 Å². The Kier molecular flexibility index (Phi) is 4.71. The zero-order valence-electron chi connectivity index (χ0n) is 1.77. The molecule has 4 heavy (non-hydrogen) atoms. The maximum atomic E-state index is 9.21. The monoisotopic (exact) mass is 116 g/mol. The van der Waals surface area contributed by atoms with Crippen LogP contribution >= 0.6 is 28.9 Å². The molecule has 0 aliphatic heterocycles. The minimum atomic E-state index is -0.785. The van der Waals surface area contributed by atoms with Gasteiger partial charge in [-0.2, -0.15) is 0 Å². The van der Waals surface area contributed by atoms with Gasteiger partial charge in [-0.05, 0) is 10.7 Å². The van der Waals surface area contributed by atoms with Crippen LogP contribution in [0.15, 0.2) is 0 Å². The fourth-order valence-electron chi connectivity index (χ4n) is 0. The molecule has 0 aliphatic rings. The molecule has 0 heterocycles. The van der Waals surface area contributed by atoms with Crippen LogP contribution < -0.4 is 0 Å². The molecule has 0 spiro atoms. The minimum Gasteiger partial charge on any atom is -0.318 e. The fraction of sp³-hybridized carbons (Fsp3) is 0. The van der Waals surface area contributed by atoms with Crippen molar-refractivity contribution < 1.29 is 4.57 Å². The first kappa shape index (κ1) is 4.87. The summed E-state index contributed by atoms with van der Waals surface area (Å²) in [5, 5.41) is 0. The summed E-state index contributed by atoms with van der Waals surface area (Å²) >= 11 is 0.